The number of hydrogen-bond acceptors (Lipinski definition) is 3. The van der Waals surface area contributed by atoms with E-state index in [-0.39, 0.29) is 5.46 Å². The van der Waals surface area contributed by atoms with Crippen molar-refractivity contribution in [3.8, 4) is 0 Å². The molecule has 0 saturated heterocycles. The molecule has 1 aliphatic rings. The fourth-order valence-electron chi connectivity index (χ4n) is 2.13. The van der Waals surface area contributed by atoms with Crippen LogP contribution in [0.15, 0.2) is 18.2 Å². The molecule has 18 heavy (non-hydrogen) atoms. The highest BCUT2D eigenvalue weighted by Crippen LogP contribution is 2.29. The predicted molar refractivity (Wildman–Crippen MR) is 67.8 cm³/mol. The first-order valence-electron chi connectivity index (χ1n) is 6.38. The van der Waals surface area contributed by atoms with Crippen LogP contribution in [0.1, 0.15) is 31.2 Å². The highest BCUT2D eigenvalue weighted by Gasteiger charge is 2.17. The smallest absolute Gasteiger partial charge is 0.423 e. The molecule has 0 heterocycles. The van der Waals surface area contributed by atoms with Crippen molar-refractivity contribution < 1.29 is 19.2 Å². The number of benzene rings is 1. The van der Waals surface area contributed by atoms with Gasteiger partial charge in [0.1, 0.15) is 5.82 Å². The van der Waals surface area contributed by atoms with E-state index in [4.69, 9.17) is 14.8 Å². The van der Waals surface area contributed by atoms with Crippen molar-refractivity contribution in [1.29, 1.82) is 0 Å². The Morgan fingerprint density at radius 1 is 1.28 bits per heavy atom. The maximum Gasteiger partial charge on any atom is 0.488 e. The number of hydrogen-bond donors (Lipinski definition) is 2. The Kier molecular flexibility index (Phi) is 4.75. The fourth-order valence-corrected chi connectivity index (χ4v) is 2.13. The van der Waals surface area contributed by atoms with Gasteiger partial charge >= 0.3 is 7.12 Å². The van der Waals surface area contributed by atoms with Gasteiger partial charge in [-0.15, -0.1) is 0 Å². The maximum atomic E-state index is 13.2. The normalized spacial score (nSPS) is 15.5. The molecule has 0 atom stereocenters. The summed E-state index contributed by atoms with van der Waals surface area (Å²) in [6.07, 6.45) is 4.98. The van der Waals surface area contributed by atoms with Crippen LogP contribution in [-0.4, -0.2) is 23.8 Å². The molecule has 0 aromatic heterocycles. The molecule has 5 heteroatoms. The second-order valence-electron chi connectivity index (χ2n) is 4.90. The number of rotatable bonds is 6. The van der Waals surface area contributed by atoms with Gasteiger partial charge < -0.3 is 14.8 Å². The van der Waals surface area contributed by atoms with Crippen LogP contribution in [0.2, 0.25) is 0 Å². The van der Waals surface area contributed by atoms with Crippen LogP contribution in [0.5, 0.6) is 0 Å². The fraction of sp³-hybridized carbons (Fsp3) is 0.538. The Labute approximate surface area is 107 Å². The molecule has 0 unspecified atom stereocenters. The van der Waals surface area contributed by atoms with Crippen molar-refractivity contribution in [2.45, 2.75) is 32.3 Å². The third kappa shape index (κ3) is 3.80. The van der Waals surface area contributed by atoms with E-state index in [0.29, 0.717) is 18.8 Å². The topological polar surface area (TPSA) is 49.7 Å². The average molecular weight is 252 g/mol. The first-order valence-corrected chi connectivity index (χ1v) is 6.38. The van der Waals surface area contributed by atoms with Gasteiger partial charge in [0.05, 0.1) is 6.61 Å². The number of halogens is 1. The van der Waals surface area contributed by atoms with E-state index in [1.54, 1.807) is 6.07 Å². The molecule has 2 rings (SSSR count). The minimum absolute atomic E-state index is 0.160. The van der Waals surface area contributed by atoms with Gasteiger partial charge in [-0.05, 0) is 35.5 Å². The zero-order chi connectivity index (χ0) is 13.0. The molecule has 0 spiro atoms. The summed E-state index contributed by atoms with van der Waals surface area (Å²) in [4.78, 5) is 0. The molecule has 2 N–H and O–H groups in total. The molecule has 1 aromatic carbocycles. The Morgan fingerprint density at radius 3 is 2.67 bits per heavy atom. The van der Waals surface area contributed by atoms with Crippen LogP contribution in [0.25, 0.3) is 0 Å². The van der Waals surface area contributed by atoms with Gasteiger partial charge in [0.15, 0.2) is 0 Å². The van der Waals surface area contributed by atoms with Gasteiger partial charge in [-0.3, -0.25) is 0 Å². The van der Waals surface area contributed by atoms with E-state index >= 15 is 0 Å². The Bertz CT molecular complexity index is 394. The summed E-state index contributed by atoms with van der Waals surface area (Å²) in [5, 5.41) is 18.0. The van der Waals surface area contributed by atoms with Gasteiger partial charge in [-0.1, -0.05) is 25.3 Å². The van der Waals surface area contributed by atoms with Crippen LogP contribution < -0.4 is 5.46 Å². The summed E-state index contributed by atoms with van der Waals surface area (Å²) in [5.41, 5.74) is 0.791. The predicted octanol–water partition coefficient (Wildman–Crippen LogP) is 1.21. The van der Waals surface area contributed by atoms with Gasteiger partial charge in [-0.25, -0.2) is 4.39 Å². The first kappa shape index (κ1) is 13.5. The molecule has 1 fully saturated rings. The van der Waals surface area contributed by atoms with Crippen LogP contribution in [-0.2, 0) is 11.3 Å². The van der Waals surface area contributed by atoms with Crippen molar-refractivity contribution in [2.24, 2.45) is 5.92 Å². The first-order chi connectivity index (χ1) is 8.65. The SMILES string of the molecule is OB(O)c1cc(F)cc(COCCC2CCC2)c1. The van der Waals surface area contributed by atoms with Gasteiger partial charge in [0.25, 0.3) is 0 Å². The summed E-state index contributed by atoms with van der Waals surface area (Å²) in [6.45, 7) is 0.988. The van der Waals surface area contributed by atoms with Crippen LogP contribution >= 0.6 is 0 Å². The molecule has 3 nitrogen and oxygen atoms in total. The molecule has 1 aliphatic carbocycles. The summed E-state index contributed by atoms with van der Waals surface area (Å²) in [6, 6.07) is 4.02. The van der Waals surface area contributed by atoms with E-state index in [9.17, 15) is 4.39 Å². The van der Waals surface area contributed by atoms with Crippen molar-refractivity contribution >= 4 is 12.6 Å². The van der Waals surface area contributed by atoms with Crippen LogP contribution in [0.4, 0.5) is 4.39 Å². The van der Waals surface area contributed by atoms with Gasteiger partial charge in [0, 0.05) is 6.61 Å². The Balaban J connectivity index is 1.80. The molecule has 0 aliphatic heterocycles. The summed E-state index contributed by atoms with van der Waals surface area (Å²) < 4.78 is 18.7. The lowest BCUT2D eigenvalue weighted by Crippen LogP contribution is -2.30. The molecule has 0 amide bonds. The third-order valence-corrected chi connectivity index (χ3v) is 3.44. The lowest BCUT2D eigenvalue weighted by molar-refractivity contribution is 0.0948. The molecular weight excluding hydrogens is 234 g/mol. The van der Waals surface area contributed by atoms with Crippen LogP contribution in [0, 0.1) is 11.7 Å². The lowest BCUT2D eigenvalue weighted by atomic mass is 9.79. The maximum absolute atomic E-state index is 13.2. The standard InChI is InChI=1S/C13H18BFO3/c15-13-7-11(6-12(8-13)14(16)17)9-18-5-4-10-2-1-3-10/h6-8,10,16-17H,1-5,9H2. The quantitative estimate of drug-likeness (QED) is 0.591. The van der Waals surface area contributed by atoms with E-state index in [0.717, 1.165) is 18.4 Å². The molecule has 1 saturated carbocycles. The highest BCUT2D eigenvalue weighted by atomic mass is 19.1. The van der Waals surface area contributed by atoms with Crippen LogP contribution in [0.3, 0.4) is 0 Å². The van der Waals surface area contributed by atoms with E-state index in [2.05, 4.69) is 0 Å². The molecule has 98 valence electrons. The molecule has 0 bridgehead atoms. The Hall–Kier alpha value is -0.905. The van der Waals surface area contributed by atoms with E-state index < -0.39 is 12.9 Å². The summed E-state index contributed by atoms with van der Waals surface area (Å²) >= 11 is 0. The van der Waals surface area contributed by atoms with Crippen molar-refractivity contribution in [3.05, 3.63) is 29.6 Å². The van der Waals surface area contributed by atoms with E-state index in [1.165, 1.54) is 25.3 Å². The average Bonchev–Trinajstić information content (AvgIpc) is 2.25. The summed E-state index contributed by atoms with van der Waals surface area (Å²) in [7, 11) is -1.64. The van der Waals surface area contributed by atoms with E-state index in [1.807, 2.05) is 0 Å². The zero-order valence-corrected chi connectivity index (χ0v) is 10.3. The molecular formula is C13H18BFO3. The third-order valence-electron chi connectivity index (χ3n) is 3.44. The second-order valence-corrected chi connectivity index (χ2v) is 4.90. The van der Waals surface area contributed by atoms with Gasteiger partial charge in [-0.2, -0.15) is 0 Å². The molecule has 1 aromatic rings. The highest BCUT2D eigenvalue weighted by molar-refractivity contribution is 6.58. The molecule has 0 radical (unpaired) electrons. The largest absolute Gasteiger partial charge is 0.488 e. The minimum Gasteiger partial charge on any atom is -0.423 e. The van der Waals surface area contributed by atoms with Crippen molar-refractivity contribution in [3.63, 3.8) is 0 Å². The monoisotopic (exact) mass is 252 g/mol. The zero-order valence-electron chi connectivity index (χ0n) is 10.3. The van der Waals surface area contributed by atoms with Crippen molar-refractivity contribution in [2.75, 3.05) is 6.61 Å². The Morgan fingerprint density at radius 2 is 2.06 bits per heavy atom. The van der Waals surface area contributed by atoms with Crippen molar-refractivity contribution in [1.82, 2.24) is 0 Å². The van der Waals surface area contributed by atoms with Gasteiger partial charge in [0.2, 0.25) is 0 Å². The lowest BCUT2D eigenvalue weighted by Gasteiger charge is -2.24. The minimum atomic E-state index is -1.64. The summed E-state index contributed by atoms with van der Waals surface area (Å²) in [5.74, 6) is 0.325. The number of ether oxygens (including phenoxy) is 1. The second kappa shape index (κ2) is 6.32.